The van der Waals surface area contributed by atoms with Crippen molar-refractivity contribution >= 4 is 15.2 Å². The summed E-state index contributed by atoms with van der Waals surface area (Å²) < 4.78 is 28.7. The van der Waals surface area contributed by atoms with Gasteiger partial charge in [-0.15, -0.1) is 0 Å². The molecule has 0 saturated carbocycles. The van der Waals surface area contributed by atoms with Crippen LogP contribution in [0.2, 0.25) is 0 Å². The Morgan fingerprint density at radius 1 is 1.00 bits per heavy atom. The normalized spacial score (nSPS) is 13.3. The van der Waals surface area contributed by atoms with E-state index in [4.69, 9.17) is 4.74 Å². The molecule has 0 heterocycles. The van der Waals surface area contributed by atoms with Crippen LogP contribution >= 0.6 is 15.2 Å². The van der Waals surface area contributed by atoms with Crippen LogP contribution in [0.3, 0.4) is 0 Å². The van der Waals surface area contributed by atoms with Crippen LogP contribution in [0.25, 0.3) is 0 Å². The summed E-state index contributed by atoms with van der Waals surface area (Å²) in [6.07, 6.45) is 1.36. The van der Waals surface area contributed by atoms with Crippen molar-refractivity contribution in [1.82, 2.24) is 0 Å². The predicted octanol–water partition coefficient (Wildman–Crippen LogP) is 2.84. The zero-order valence-corrected chi connectivity index (χ0v) is 14.8. The number of aryl methyl sites for hydroxylation is 1. The summed E-state index contributed by atoms with van der Waals surface area (Å²) in [6, 6.07) is 9.18. The number of rotatable bonds is 10. The molecule has 1 aromatic carbocycles. The highest BCUT2D eigenvalue weighted by Crippen LogP contribution is 2.71. The third-order valence-corrected chi connectivity index (χ3v) is 7.64. The molecule has 0 atom stereocenters. The quantitative estimate of drug-likeness (QED) is 0.371. The van der Waals surface area contributed by atoms with E-state index >= 15 is 0 Å². The second-order valence-corrected chi connectivity index (χ2v) is 9.35. The number of ether oxygens (including phenoxy) is 1. The van der Waals surface area contributed by atoms with Gasteiger partial charge in [-0.25, -0.2) is 0 Å². The first-order valence-electron chi connectivity index (χ1n) is 7.43. The molecule has 0 aliphatic heterocycles. The van der Waals surface area contributed by atoms with Crippen molar-refractivity contribution in [1.29, 1.82) is 0 Å². The largest absolute Gasteiger partial charge is 0.369 e. The maximum atomic E-state index is 11.8. The van der Waals surface area contributed by atoms with Crippen LogP contribution < -0.4 is 0 Å². The number of hydrogen-bond donors (Lipinski definition) is 4. The van der Waals surface area contributed by atoms with Gasteiger partial charge in [0.1, 0.15) is 0 Å². The van der Waals surface area contributed by atoms with Crippen molar-refractivity contribution in [2.75, 3.05) is 6.61 Å². The Labute approximate surface area is 136 Å². The van der Waals surface area contributed by atoms with Crippen molar-refractivity contribution in [2.45, 2.75) is 44.1 Å². The van der Waals surface area contributed by atoms with Crippen molar-refractivity contribution in [3.63, 3.8) is 0 Å². The smallest absolute Gasteiger partial charge is 0.352 e. The lowest BCUT2D eigenvalue weighted by atomic mass is 10.1. The highest BCUT2D eigenvalue weighted by Gasteiger charge is 2.61. The van der Waals surface area contributed by atoms with Crippen LogP contribution in [-0.4, -0.2) is 31.3 Å². The Morgan fingerprint density at radius 3 is 2.04 bits per heavy atom. The monoisotopic (exact) mass is 366 g/mol. The second kappa shape index (κ2) is 8.54. The number of hydrogen-bond acceptors (Lipinski definition) is 3. The van der Waals surface area contributed by atoms with Crippen LogP contribution in [-0.2, 0) is 20.3 Å². The molecule has 23 heavy (non-hydrogen) atoms. The minimum absolute atomic E-state index is 0.113. The van der Waals surface area contributed by atoms with E-state index in [1.165, 1.54) is 0 Å². The van der Waals surface area contributed by atoms with Gasteiger partial charge in [-0.1, -0.05) is 43.7 Å². The molecule has 0 unspecified atom stereocenters. The molecule has 132 valence electrons. The van der Waals surface area contributed by atoms with E-state index in [9.17, 15) is 28.7 Å². The van der Waals surface area contributed by atoms with Gasteiger partial charge >= 0.3 is 15.2 Å². The summed E-state index contributed by atoms with van der Waals surface area (Å²) in [5.74, 6) is 0. The lowest BCUT2D eigenvalue weighted by Crippen LogP contribution is -2.33. The minimum atomic E-state index is -5.18. The van der Waals surface area contributed by atoms with Gasteiger partial charge in [0.2, 0.25) is 0 Å². The van der Waals surface area contributed by atoms with Gasteiger partial charge in [-0.05, 0) is 24.8 Å². The van der Waals surface area contributed by atoms with Crippen molar-refractivity contribution < 1.29 is 33.4 Å². The fourth-order valence-corrected chi connectivity index (χ4v) is 5.02. The standard InChI is InChI=1S/C14H24O7P2/c1-2-3-12-21-14(22(15,16)17,23(18,19)20)11-7-10-13-8-5-4-6-9-13/h4-6,8-9H,2-3,7,10-12H2,1H3,(H2,15,16,17)(H2,18,19,20). The molecule has 7 nitrogen and oxygen atoms in total. The van der Waals surface area contributed by atoms with Crippen molar-refractivity contribution in [3.8, 4) is 0 Å². The molecule has 0 aliphatic carbocycles. The zero-order chi connectivity index (χ0) is 17.6. The number of unbranched alkanes of at least 4 members (excludes halogenated alkanes) is 1. The molecule has 1 rings (SSSR count). The van der Waals surface area contributed by atoms with E-state index in [-0.39, 0.29) is 13.0 Å². The summed E-state index contributed by atoms with van der Waals surface area (Å²) in [6.45, 7) is 1.73. The molecule has 0 spiro atoms. The maximum Gasteiger partial charge on any atom is 0.369 e. The van der Waals surface area contributed by atoms with E-state index in [0.29, 0.717) is 19.3 Å². The molecule has 0 bridgehead atoms. The topological polar surface area (TPSA) is 124 Å². The average Bonchev–Trinajstić information content (AvgIpc) is 2.44. The molecule has 0 saturated heterocycles. The minimum Gasteiger partial charge on any atom is -0.352 e. The van der Waals surface area contributed by atoms with Gasteiger partial charge in [0.15, 0.2) is 0 Å². The third-order valence-electron chi connectivity index (χ3n) is 3.55. The molecule has 0 aromatic heterocycles. The van der Waals surface area contributed by atoms with Crippen LogP contribution in [0, 0.1) is 0 Å². The Hall–Kier alpha value is -0.520. The summed E-state index contributed by atoms with van der Waals surface area (Å²) in [7, 11) is -10.4. The highest BCUT2D eigenvalue weighted by atomic mass is 31.2. The van der Waals surface area contributed by atoms with Crippen molar-refractivity contribution in [3.05, 3.63) is 35.9 Å². The molecule has 9 heteroatoms. The summed E-state index contributed by atoms with van der Waals surface area (Å²) in [4.78, 5) is 38.2. The Bertz CT molecular complexity index is 542. The van der Waals surface area contributed by atoms with Crippen LogP contribution in [0.4, 0.5) is 0 Å². The third kappa shape index (κ3) is 5.50. The first-order chi connectivity index (χ1) is 10.6. The van der Waals surface area contributed by atoms with Gasteiger partial charge in [0.05, 0.1) is 0 Å². The zero-order valence-electron chi connectivity index (χ0n) is 13.0. The van der Waals surface area contributed by atoms with E-state index in [2.05, 4.69) is 0 Å². The van der Waals surface area contributed by atoms with Gasteiger partial charge in [0.25, 0.3) is 5.08 Å². The van der Waals surface area contributed by atoms with Crippen LogP contribution in [0.1, 0.15) is 38.2 Å². The Morgan fingerprint density at radius 2 is 1.57 bits per heavy atom. The molecule has 0 aliphatic rings. The summed E-state index contributed by atoms with van der Waals surface area (Å²) in [5.41, 5.74) is 0.923. The fourth-order valence-electron chi connectivity index (χ4n) is 2.25. The predicted molar refractivity (Wildman–Crippen MR) is 87.1 cm³/mol. The van der Waals surface area contributed by atoms with E-state index < -0.39 is 26.7 Å². The second-order valence-electron chi connectivity index (χ2n) is 5.37. The summed E-state index contributed by atoms with van der Waals surface area (Å²) >= 11 is 0. The highest BCUT2D eigenvalue weighted by molar-refractivity contribution is 7.72. The summed E-state index contributed by atoms with van der Waals surface area (Å²) in [5, 5.41) is -2.76. The molecule has 0 fully saturated rings. The first kappa shape index (κ1) is 20.5. The first-order valence-corrected chi connectivity index (χ1v) is 10.7. The molecular weight excluding hydrogens is 342 g/mol. The van der Waals surface area contributed by atoms with Gasteiger partial charge in [-0.3, -0.25) is 9.13 Å². The molecule has 4 N–H and O–H groups in total. The molecule has 0 radical (unpaired) electrons. The Kier molecular flexibility index (Phi) is 7.62. The van der Waals surface area contributed by atoms with Gasteiger partial charge in [-0.2, -0.15) is 0 Å². The van der Waals surface area contributed by atoms with Gasteiger partial charge < -0.3 is 24.3 Å². The Balaban J connectivity index is 2.93. The van der Waals surface area contributed by atoms with E-state index in [1.807, 2.05) is 37.3 Å². The van der Waals surface area contributed by atoms with E-state index in [1.54, 1.807) is 0 Å². The molecule has 1 aromatic rings. The fraction of sp³-hybridized carbons (Fsp3) is 0.571. The number of benzene rings is 1. The SMILES string of the molecule is CCCCOC(CCCc1ccccc1)(P(=O)(O)O)P(=O)(O)O. The van der Waals surface area contributed by atoms with Crippen LogP contribution in [0.15, 0.2) is 30.3 Å². The molecule has 0 amide bonds. The van der Waals surface area contributed by atoms with Crippen LogP contribution in [0.5, 0.6) is 0 Å². The maximum absolute atomic E-state index is 11.8. The van der Waals surface area contributed by atoms with Crippen molar-refractivity contribution in [2.24, 2.45) is 0 Å². The van der Waals surface area contributed by atoms with E-state index in [0.717, 1.165) is 5.56 Å². The lowest BCUT2D eigenvalue weighted by Gasteiger charge is -2.34. The van der Waals surface area contributed by atoms with Gasteiger partial charge in [0, 0.05) is 13.0 Å². The molecular formula is C14H24O7P2. The lowest BCUT2D eigenvalue weighted by molar-refractivity contribution is 0.0285. The average molecular weight is 366 g/mol.